The van der Waals surface area contributed by atoms with E-state index in [0.717, 1.165) is 28.2 Å². The van der Waals surface area contributed by atoms with Crippen molar-refractivity contribution in [3.8, 4) is 0 Å². The van der Waals surface area contributed by atoms with Gasteiger partial charge < -0.3 is 5.32 Å². The lowest BCUT2D eigenvalue weighted by molar-refractivity contribution is 0.798. The van der Waals surface area contributed by atoms with Gasteiger partial charge in [0.2, 0.25) is 0 Å². The van der Waals surface area contributed by atoms with Crippen LogP contribution in [0.2, 0.25) is 5.02 Å². The molecule has 0 bridgehead atoms. The van der Waals surface area contributed by atoms with Crippen molar-refractivity contribution < 1.29 is 0 Å². The summed E-state index contributed by atoms with van der Waals surface area (Å²) in [6, 6.07) is 8.11. The van der Waals surface area contributed by atoms with Crippen LogP contribution in [0.25, 0.3) is 10.9 Å². The lowest BCUT2D eigenvalue weighted by Crippen LogP contribution is -2.07. The maximum atomic E-state index is 6.22. The van der Waals surface area contributed by atoms with E-state index in [-0.39, 0.29) is 0 Å². The van der Waals surface area contributed by atoms with Gasteiger partial charge in [-0.25, -0.2) is 0 Å². The third-order valence-corrected chi connectivity index (χ3v) is 3.16. The zero-order valence-electron chi connectivity index (χ0n) is 10.4. The zero-order chi connectivity index (χ0) is 12.4. The summed E-state index contributed by atoms with van der Waals surface area (Å²) in [4.78, 5) is 4.66. The highest BCUT2D eigenvalue weighted by Gasteiger charge is 2.09. The van der Waals surface area contributed by atoms with Crippen LogP contribution >= 0.6 is 11.6 Å². The van der Waals surface area contributed by atoms with Crippen LogP contribution in [0, 0.1) is 0 Å². The van der Waals surface area contributed by atoms with E-state index in [1.165, 1.54) is 5.56 Å². The van der Waals surface area contributed by atoms with Crippen LogP contribution in [0.5, 0.6) is 0 Å². The van der Waals surface area contributed by atoms with Gasteiger partial charge in [0.25, 0.3) is 0 Å². The summed E-state index contributed by atoms with van der Waals surface area (Å²) in [6.45, 7) is 5.13. The zero-order valence-corrected chi connectivity index (χ0v) is 11.2. The van der Waals surface area contributed by atoms with Crippen LogP contribution in [0.3, 0.4) is 0 Å². The van der Waals surface area contributed by atoms with Gasteiger partial charge in [-0.1, -0.05) is 37.6 Å². The molecule has 0 atom stereocenters. The predicted octanol–water partition coefficient (Wildman–Crippen LogP) is 3.73. The molecule has 1 N–H and O–H groups in total. The summed E-state index contributed by atoms with van der Waals surface area (Å²) in [7, 11) is 1.95. The largest absolute Gasteiger partial charge is 0.316 e. The van der Waals surface area contributed by atoms with Crippen molar-refractivity contribution in [3.63, 3.8) is 0 Å². The van der Waals surface area contributed by atoms with Gasteiger partial charge in [0.1, 0.15) is 0 Å². The second-order valence-corrected chi connectivity index (χ2v) is 4.93. The number of rotatable bonds is 3. The quantitative estimate of drug-likeness (QED) is 0.895. The van der Waals surface area contributed by atoms with E-state index in [1.54, 1.807) is 0 Å². The fourth-order valence-electron chi connectivity index (χ4n) is 1.94. The van der Waals surface area contributed by atoms with E-state index < -0.39 is 0 Å². The van der Waals surface area contributed by atoms with E-state index in [1.807, 2.05) is 19.2 Å². The number of fused-ring (bicyclic) bond motifs is 1. The number of nitrogens with one attached hydrogen (secondary N) is 1. The fraction of sp³-hybridized carbons (Fsp3) is 0.357. The molecule has 0 aliphatic heterocycles. The highest BCUT2D eigenvalue weighted by Crippen LogP contribution is 2.27. The van der Waals surface area contributed by atoms with E-state index in [4.69, 9.17) is 11.6 Å². The maximum absolute atomic E-state index is 6.22. The van der Waals surface area contributed by atoms with Crippen LogP contribution < -0.4 is 5.32 Å². The third kappa shape index (κ3) is 2.43. The van der Waals surface area contributed by atoms with Gasteiger partial charge in [-0.2, -0.15) is 0 Å². The summed E-state index contributed by atoms with van der Waals surface area (Å²) in [5.41, 5.74) is 3.25. The predicted molar refractivity (Wildman–Crippen MR) is 73.6 cm³/mol. The van der Waals surface area contributed by atoms with Crippen molar-refractivity contribution in [2.45, 2.75) is 26.3 Å². The van der Waals surface area contributed by atoms with E-state index in [0.29, 0.717) is 5.92 Å². The van der Waals surface area contributed by atoms with E-state index in [9.17, 15) is 0 Å². The molecule has 2 rings (SSSR count). The SMILES string of the molecule is CNCc1cc(C(C)C)nc2c(Cl)cccc12. The molecular formula is C14H17ClN2. The molecule has 0 amide bonds. The summed E-state index contributed by atoms with van der Waals surface area (Å²) >= 11 is 6.22. The number of hydrogen-bond acceptors (Lipinski definition) is 2. The number of para-hydroxylation sites is 1. The van der Waals surface area contributed by atoms with Crippen LogP contribution in [-0.2, 0) is 6.54 Å². The molecule has 1 aromatic carbocycles. The molecular weight excluding hydrogens is 232 g/mol. The van der Waals surface area contributed by atoms with E-state index in [2.05, 4.69) is 36.3 Å². The van der Waals surface area contributed by atoms with Gasteiger partial charge in [0, 0.05) is 17.6 Å². The molecule has 17 heavy (non-hydrogen) atoms. The van der Waals surface area contributed by atoms with Gasteiger partial charge in [0.05, 0.1) is 10.5 Å². The van der Waals surface area contributed by atoms with Gasteiger partial charge in [-0.3, -0.25) is 4.98 Å². The van der Waals surface area contributed by atoms with Crippen molar-refractivity contribution in [1.29, 1.82) is 0 Å². The Bertz CT molecular complexity index is 535. The molecule has 90 valence electrons. The fourth-order valence-corrected chi connectivity index (χ4v) is 2.15. The molecule has 0 unspecified atom stereocenters. The standard InChI is InChI=1S/C14H17ClN2/c1-9(2)13-7-10(8-16-3)11-5-4-6-12(15)14(11)17-13/h4-7,9,16H,8H2,1-3H3. The molecule has 2 aromatic rings. The first kappa shape index (κ1) is 12.3. The monoisotopic (exact) mass is 248 g/mol. The molecule has 0 spiro atoms. The highest BCUT2D eigenvalue weighted by molar-refractivity contribution is 6.35. The molecule has 0 saturated carbocycles. The lowest BCUT2D eigenvalue weighted by Gasteiger charge is -2.12. The highest BCUT2D eigenvalue weighted by atomic mass is 35.5. The van der Waals surface area contributed by atoms with Crippen molar-refractivity contribution in [3.05, 3.63) is 40.5 Å². The first-order valence-electron chi connectivity index (χ1n) is 5.86. The minimum absolute atomic E-state index is 0.409. The number of halogens is 1. The van der Waals surface area contributed by atoms with Crippen LogP contribution in [-0.4, -0.2) is 12.0 Å². The minimum Gasteiger partial charge on any atom is -0.316 e. The summed E-state index contributed by atoms with van der Waals surface area (Å²) in [5, 5.41) is 5.05. The molecule has 0 saturated heterocycles. The Hall–Kier alpha value is -1.12. The Balaban J connectivity index is 2.72. The van der Waals surface area contributed by atoms with Crippen LogP contribution in [0.15, 0.2) is 24.3 Å². The Morgan fingerprint density at radius 3 is 2.76 bits per heavy atom. The third-order valence-electron chi connectivity index (χ3n) is 2.85. The first-order chi connectivity index (χ1) is 8.13. The Labute approximate surface area is 107 Å². The number of pyridine rings is 1. The van der Waals surface area contributed by atoms with Gasteiger partial charge in [-0.05, 0) is 30.7 Å². The maximum Gasteiger partial charge on any atom is 0.0894 e. The summed E-state index contributed by atoms with van der Waals surface area (Å²) in [5.74, 6) is 0.409. The summed E-state index contributed by atoms with van der Waals surface area (Å²) in [6.07, 6.45) is 0. The minimum atomic E-state index is 0.409. The van der Waals surface area contributed by atoms with Gasteiger partial charge in [0.15, 0.2) is 0 Å². The van der Waals surface area contributed by atoms with Crippen molar-refractivity contribution in [2.75, 3.05) is 7.05 Å². The van der Waals surface area contributed by atoms with Crippen LogP contribution in [0.4, 0.5) is 0 Å². The molecule has 0 fully saturated rings. The normalized spacial score (nSPS) is 11.4. The van der Waals surface area contributed by atoms with Gasteiger partial charge in [-0.15, -0.1) is 0 Å². The van der Waals surface area contributed by atoms with Gasteiger partial charge >= 0.3 is 0 Å². The van der Waals surface area contributed by atoms with Crippen LogP contribution in [0.1, 0.15) is 31.0 Å². The Kier molecular flexibility index (Phi) is 3.65. The number of nitrogens with zero attached hydrogens (tertiary/aromatic N) is 1. The Morgan fingerprint density at radius 2 is 2.12 bits per heavy atom. The molecule has 1 aromatic heterocycles. The Morgan fingerprint density at radius 1 is 1.35 bits per heavy atom. The molecule has 0 aliphatic carbocycles. The molecule has 1 heterocycles. The molecule has 0 aliphatic rings. The van der Waals surface area contributed by atoms with Crippen molar-refractivity contribution in [2.24, 2.45) is 0 Å². The lowest BCUT2D eigenvalue weighted by atomic mass is 10.0. The number of benzene rings is 1. The second kappa shape index (κ2) is 5.03. The van der Waals surface area contributed by atoms with Crippen molar-refractivity contribution in [1.82, 2.24) is 10.3 Å². The molecule has 0 radical (unpaired) electrons. The average molecular weight is 249 g/mol. The number of aromatic nitrogens is 1. The summed E-state index contributed by atoms with van der Waals surface area (Å²) < 4.78 is 0. The molecule has 3 heteroatoms. The van der Waals surface area contributed by atoms with E-state index >= 15 is 0 Å². The smallest absolute Gasteiger partial charge is 0.0894 e. The first-order valence-corrected chi connectivity index (χ1v) is 6.24. The average Bonchev–Trinajstić information content (AvgIpc) is 2.30. The number of hydrogen-bond donors (Lipinski definition) is 1. The second-order valence-electron chi connectivity index (χ2n) is 4.53. The molecule has 2 nitrogen and oxygen atoms in total. The van der Waals surface area contributed by atoms with Crippen molar-refractivity contribution >= 4 is 22.5 Å². The topological polar surface area (TPSA) is 24.9 Å².